The van der Waals surface area contributed by atoms with Gasteiger partial charge >= 0.3 is 0 Å². The van der Waals surface area contributed by atoms with Crippen molar-refractivity contribution < 1.29 is 9.59 Å². The molecule has 0 bridgehead atoms. The van der Waals surface area contributed by atoms with Crippen molar-refractivity contribution in [2.75, 3.05) is 18.9 Å². The first-order valence-corrected chi connectivity index (χ1v) is 7.53. The van der Waals surface area contributed by atoms with E-state index in [1.807, 2.05) is 18.2 Å². The summed E-state index contributed by atoms with van der Waals surface area (Å²) in [6, 6.07) is 15.4. The molecule has 0 saturated heterocycles. The maximum atomic E-state index is 12.1. The molecule has 0 spiro atoms. The molecule has 0 radical (unpaired) electrons. The lowest BCUT2D eigenvalue weighted by Crippen LogP contribution is -2.41. The molecule has 5 nitrogen and oxygen atoms in total. The Kier molecular flexibility index (Phi) is 6.00. The van der Waals surface area contributed by atoms with Gasteiger partial charge in [-0.3, -0.25) is 9.59 Å². The zero-order valence-corrected chi connectivity index (χ0v) is 13.4. The molecule has 1 atom stereocenters. The van der Waals surface area contributed by atoms with E-state index in [4.69, 9.17) is 11.6 Å². The molecule has 2 rings (SSSR count). The fourth-order valence-corrected chi connectivity index (χ4v) is 2.18. The number of halogens is 1. The van der Waals surface area contributed by atoms with Crippen LogP contribution < -0.4 is 16.0 Å². The summed E-state index contributed by atoms with van der Waals surface area (Å²) in [5, 5.41) is 8.90. The van der Waals surface area contributed by atoms with Crippen LogP contribution >= 0.6 is 11.6 Å². The van der Waals surface area contributed by atoms with Crippen LogP contribution in [0.15, 0.2) is 54.6 Å². The molecule has 2 aromatic carbocycles. The Morgan fingerprint density at radius 2 is 1.70 bits per heavy atom. The Morgan fingerprint density at radius 3 is 2.30 bits per heavy atom. The average molecular weight is 332 g/mol. The molecule has 23 heavy (non-hydrogen) atoms. The lowest BCUT2D eigenvalue weighted by molar-refractivity contribution is -0.128. The second kappa shape index (κ2) is 8.19. The number of hydrogen-bond acceptors (Lipinski definition) is 3. The van der Waals surface area contributed by atoms with Crippen LogP contribution in [0.2, 0.25) is 5.02 Å². The van der Waals surface area contributed by atoms with E-state index >= 15 is 0 Å². The van der Waals surface area contributed by atoms with Crippen molar-refractivity contribution in [3.8, 4) is 0 Å². The van der Waals surface area contributed by atoms with Crippen LogP contribution in [0, 0.1) is 0 Å². The molecule has 0 saturated carbocycles. The van der Waals surface area contributed by atoms with E-state index < -0.39 is 6.04 Å². The van der Waals surface area contributed by atoms with Gasteiger partial charge in [0.25, 0.3) is 0 Å². The molecule has 0 heterocycles. The van der Waals surface area contributed by atoms with Crippen LogP contribution in [-0.2, 0) is 9.59 Å². The number of hydrogen-bond donors (Lipinski definition) is 3. The molecule has 2 aromatic rings. The number of carbonyl (C=O) groups is 2. The van der Waals surface area contributed by atoms with E-state index in [-0.39, 0.29) is 18.4 Å². The number of benzene rings is 2. The first-order chi connectivity index (χ1) is 11.1. The monoisotopic (exact) mass is 331 g/mol. The van der Waals surface area contributed by atoms with E-state index in [0.29, 0.717) is 5.02 Å². The highest BCUT2D eigenvalue weighted by atomic mass is 35.5. The minimum Gasteiger partial charge on any atom is -0.376 e. The minimum absolute atomic E-state index is 0.0575. The molecule has 6 heteroatoms. The van der Waals surface area contributed by atoms with Crippen molar-refractivity contribution in [2.24, 2.45) is 0 Å². The fraction of sp³-hybridized carbons (Fsp3) is 0.176. The highest BCUT2D eigenvalue weighted by Crippen LogP contribution is 2.14. The van der Waals surface area contributed by atoms with E-state index in [1.54, 1.807) is 36.4 Å². The molecule has 120 valence electrons. The summed E-state index contributed by atoms with van der Waals surface area (Å²) in [5.41, 5.74) is 1.51. The molecule has 2 amide bonds. The first kappa shape index (κ1) is 16.8. The molecule has 0 aliphatic heterocycles. The summed E-state index contributed by atoms with van der Waals surface area (Å²) < 4.78 is 0. The van der Waals surface area contributed by atoms with Crippen LogP contribution in [0.1, 0.15) is 11.6 Å². The van der Waals surface area contributed by atoms with Gasteiger partial charge < -0.3 is 16.0 Å². The predicted octanol–water partition coefficient (Wildman–Crippen LogP) is 2.36. The molecule has 0 aliphatic carbocycles. The van der Waals surface area contributed by atoms with Crippen molar-refractivity contribution in [3.05, 3.63) is 65.2 Å². The predicted molar refractivity (Wildman–Crippen MR) is 91.3 cm³/mol. The van der Waals surface area contributed by atoms with E-state index in [2.05, 4.69) is 16.0 Å². The normalized spacial score (nSPS) is 11.4. The maximum Gasteiger partial charge on any atom is 0.246 e. The number of carbonyl (C=O) groups excluding carboxylic acids is 2. The van der Waals surface area contributed by atoms with Crippen molar-refractivity contribution in [1.82, 2.24) is 10.6 Å². The topological polar surface area (TPSA) is 70.2 Å². The van der Waals surface area contributed by atoms with Crippen LogP contribution in [0.25, 0.3) is 0 Å². The smallest absolute Gasteiger partial charge is 0.246 e. The van der Waals surface area contributed by atoms with Crippen molar-refractivity contribution >= 4 is 29.1 Å². The van der Waals surface area contributed by atoms with Gasteiger partial charge in [-0.2, -0.15) is 0 Å². The average Bonchev–Trinajstić information content (AvgIpc) is 2.59. The lowest BCUT2D eigenvalue weighted by Gasteiger charge is -2.18. The van der Waals surface area contributed by atoms with Gasteiger partial charge in [-0.1, -0.05) is 41.9 Å². The lowest BCUT2D eigenvalue weighted by atomic mass is 10.1. The number of rotatable bonds is 6. The Morgan fingerprint density at radius 1 is 1.04 bits per heavy atom. The minimum atomic E-state index is -0.722. The zero-order valence-electron chi connectivity index (χ0n) is 12.7. The molecule has 3 N–H and O–H groups in total. The molecular weight excluding hydrogens is 314 g/mol. The zero-order chi connectivity index (χ0) is 16.7. The standard InChI is InChI=1S/C17H18ClN3O2/c1-19-17(23)16(12-5-3-2-4-6-12)21-15(22)11-20-14-9-7-13(18)8-10-14/h2-10,16,20H,11H2,1H3,(H,19,23)(H,21,22). The van der Waals surface area contributed by atoms with Gasteiger partial charge in [0.2, 0.25) is 11.8 Å². The Labute approximate surface area is 140 Å². The largest absolute Gasteiger partial charge is 0.376 e. The second-order valence-corrected chi connectivity index (χ2v) is 5.32. The molecule has 0 aliphatic rings. The third kappa shape index (κ3) is 5.00. The van der Waals surface area contributed by atoms with Crippen LogP contribution in [0.4, 0.5) is 5.69 Å². The SMILES string of the molecule is CNC(=O)C(NC(=O)CNc1ccc(Cl)cc1)c1ccccc1. The third-order valence-corrected chi connectivity index (χ3v) is 3.50. The van der Waals surface area contributed by atoms with E-state index in [1.165, 1.54) is 7.05 Å². The van der Waals surface area contributed by atoms with Gasteiger partial charge in [-0.25, -0.2) is 0 Å². The maximum absolute atomic E-state index is 12.1. The van der Waals surface area contributed by atoms with E-state index in [9.17, 15) is 9.59 Å². The summed E-state index contributed by atoms with van der Waals surface area (Å²) in [7, 11) is 1.54. The molecule has 0 aromatic heterocycles. The van der Waals surface area contributed by atoms with Crippen molar-refractivity contribution in [2.45, 2.75) is 6.04 Å². The second-order valence-electron chi connectivity index (χ2n) is 4.89. The van der Waals surface area contributed by atoms with Crippen LogP contribution in [-0.4, -0.2) is 25.4 Å². The number of amides is 2. The first-order valence-electron chi connectivity index (χ1n) is 7.15. The highest BCUT2D eigenvalue weighted by molar-refractivity contribution is 6.30. The summed E-state index contributed by atoms with van der Waals surface area (Å²) in [4.78, 5) is 24.1. The van der Waals surface area contributed by atoms with Crippen molar-refractivity contribution in [3.63, 3.8) is 0 Å². The molecule has 1 unspecified atom stereocenters. The fourth-order valence-electron chi connectivity index (χ4n) is 2.05. The third-order valence-electron chi connectivity index (χ3n) is 3.24. The van der Waals surface area contributed by atoms with Gasteiger partial charge in [-0.05, 0) is 29.8 Å². The van der Waals surface area contributed by atoms with Crippen LogP contribution in [0.5, 0.6) is 0 Å². The number of nitrogens with one attached hydrogen (secondary N) is 3. The van der Waals surface area contributed by atoms with Gasteiger partial charge in [0.05, 0.1) is 6.54 Å². The Balaban J connectivity index is 1.97. The highest BCUT2D eigenvalue weighted by Gasteiger charge is 2.21. The van der Waals surface area contributed by atoms with E-state index in [0.717, 1.165) is 11.3 Å². The van der Waals surface area contributed by atoms with Gasteiger partial charge in [0.1, 0.15) is 6.04 Å². The van der Waals surface area contributed by atoms with Gasteiger partial charge in [0.15, 0.2) is 0 Å². The van der Waals surface area contributed by atoms with Crippen molar-refractivity contribution in [1.29, 1.82) is 0 Å². The molecule has 0 fully saturated rings. The summed E-state index contributed by atoms with van der Waals surface area (Å²) in [6.07, 6.45) is 0. The van der Waals surface area contributed by atoms with Gasteiger partial charge in [0, 0.05) is 17.8 Å². The number of anilines is 1. The summed E-state index contributed by atoms with van der Waals surface area (Å²) >= 11 is 5.81. The number of likely N-dealkylation sites (N-methyl/N-ethyl adjacent to an activating group) is 1. The Bertz CT molecular complexity index is 659. The summed E-state index contributed by atoms with van der Waals surface area (Å²) in [6.45, 7) is 0.0575. The Hall–Kier alpha value is -2.53. The summed E-state index contributed by atoms with van der Waals surface area (Å²) in [5.74, 6) is -0.548. The quantitative estimate of drug-likeness (QED) is 0.761. The van der Waals surface area contributed by atoms with Crippen LogP contribution in [0.3, 0.4) is 0 Å². The van der Waals surface area contributed by atoms with Gasteiger partial charge in [-0.15, -0.1) is 0 Å². The molecular formula is C17H18ClN3O2.